The van der Waals surface area contributed by atoms with Crippen molar-refractivity contribution in [3.8, 4) is 0 Å². The minimum atomic E-state index is -3.44. The number of amides is 1. The van der Waals surface area contributed by atoms with E-state index in [0.717, 1.165) is 31.4 Å². The van der Waals surface area contributed by atoms with Gasteiger partial charge in [-0.3, -0.25) is 4.79 Å². The monoisotopic (exact) mass is 405 g/mol. The molecule has 0 aromatic carbocycles. The van der Waals surface area contributed by atoms with E-state index in [9.17, 15) is 13.2 Å². The van der Waals surface area contributed by atoms with E-state index < -0.39 is 16.1 Å². The first kappa shape index (κ1) is 20.7. The van der Waals surface area contributed by atoms with Gasteiger partial charge in [-0.25, -0.2) is 18.1 Å². The molecular weight excluding hydrogens is 378 g/mol. The number of thiazole rings is 1. The Bertz CT molecular complexity index is 648. The number of carbonyl (C=O) groups excluding carboxylic acids is 1. The molecule has 1 aliphatic rings. The van der Waals surface area contributed by atoms with Crippen LogP contribution in [0.1, 0.15) is 49.6 Å². The maximum Gasteiger partial charge on any atom is 0.244 e. The van der Waals surface area contributed by atoms with Gasteiger partial charge in [0.15, 0.2) is 5.13 Å². The number of nitrogens with zero attached hydrogens (tertiary/aromatic N) is 1. The molecule has 142 valence electrons. The lowest BCUT2D eigenvalue weighted by Gasteiger charge is -2.16. The topological polar surface area (TPSA) is 88.2 Å². The van der Waals surface area contributed by atoms with Gasteiger partial charge in [0.05, 0.1) is 11.4 Å². The van der Waals surface area contributed by atoms with Crippen LogP contribution in [0.3, 0.4) is 0 Å². The fourth-order valence-electron chi connectivity index (χ4n) is 2.73. The minimum absolute atomic E-state index is 0.0401. The van der Waals surface area contributed by atoms with Crippen molar-refractivity contribution in [2.24, 2.45) is 0 Å². The quantitative estimate of drug-likeness (QED) is 0.694. The summed E-state index contributed by atoms with van der Waals surface area (Å²) in [5.74, 6) is 0.341. The van der Waals surface area contributed by atoms with E-state index in [-0.39, 0.29) is 11.7 Å². The van der Waals surface area contributed by atoms with Crippen LogP contribution in [0.4, 0.5) is 5.13 Å². The first-order chi connectivity index (χ1) is 11.9. The third kappa shape index (κ3) is 6.54. The van der Waals surface area contributed by atoms with Gasteiger partial charge in [0.2, 0.25) is 15.9 Å². The summed E-state index contributed by atoms with van der Waals surface area (Å²) in [7, 11) is -3.44. The Morgan fingerprint density at radius 3 is 2.68 bits per heavy atom. The van der Waals surface area contributed by atoms with E-state index in [0.29, 0.717) is 17.3 Å². The van der Waals surface area contributed by atoms with Gasteiger partial charge in [0, 0.05) is 4.88 Å². The van der Waals surface area contributed by atoms with Crippen LogP contribution >= 0.6 is 23.1 Å². The van der Waals surface area contributed by atoms with E-state index >= 15 is 0 Å². The molecule has 1 amide bonds. The first-order valence-corrected chi connectivity index (χ1v) is 12.6. The van der Waals surface area contributed by atoms with Crippen LogP contribution in [0, 0.1) is 0 Å². The van der Waals surface area contributed by atoms with Crippen LogP contribution in [0.25, 0.3) is 0 Å². The number of hydrogen-bond acceptors (Lipinski definition) is 6. The molecule has 1 aromatic heterocycles. The fraction of sp³-hybridized carbons (Fsp3) is 0.750. The van der Waals surface area contributed by atoms with Crippen molar-refractivity contribution < 1.29 is 13.2 Å². The van der Waals surface area contributed by atoms with E-state index in [2.05, 4.69) is 15.0 Å². The van der Waals surface area contributed by atoms with Crippen molar-refractivity contribution >= 4 is 44.2 Å². The smallest absolute Gasteiger partial charge is 0.244 e. The summed E-state index contributed by atoms with van der Waals surface area (Å²) in [4.78, 5) is 18.4. The summed E-state index contributed by atoms with van der Waals surface area (Å²) in [6.45, 7) is 1.56. The summed E-state index contributed by atoms with van der Waals surface area (Å²) in [6, 6.07) is -0.760. The molecule has 1 heterocycles. The number of rotatable bonds is 8. The lowest BCUT2D eigenvalue weighted by molar-refractivity contribution is -0.117. The molecule has 1 aromatic rings. The molecule has 1 aliphatic carbocycles. The van der Waals surface area contributed by atoms with Gasteiger partial charge < -0.3 is 5.32 Å². The average Bonchev–Trinajstić information content (AvgIpc) is 2.92. The second kappa shape index (κ2) is 9.89. The normalized spacial score (nSPS) is 16.6. The summed E-state index contributed by atoms with van der Waals surface area (Å²) < 4.78 is 26.2. The Balaban J connectivity index is 2.07. The molecule has 0 aliphatic heterocycles. The summed E-state index contributed by atoms with van der Waals surface area (Å²) in [6.07, 6.45) is 9.14. The number of sulfonamides is 1. The van der Waals surface area contributed by atoms with Crippen LogP contribution in [-0.2, 0) is 27.7 Å². The molecule has 9 heteroatoms. The summed E-state index contributed by atoms with van der Waals surface area (Å²) in [5.41, 5.74) is 1.09. The van der Waals surface area contributed by atoms with Gasteiger partial charge in [-0.15, -0.1) is 11.3 Å². The predicted octanol–water partition coefficient (Wildman–Crippen LogP) is 2.80. The molecule has 0 saturated carbocycles. The maximum atomic E-state index is 12.6. The fourth-order valence-corrected chi connectivity index (χ4v) is 5.08. The molecule has 1 unspecified atom stereocenters. The second-order valence-corrected chi connectivity index (χ2v) is 10.3. The van der Waals surface area contributed by atoms with Crippen molar-refractivity contribution in [1.82, 2.24) is 9.71 Å². The molecular formula is C16H27N3O3S3. The highest BCUT2D eigenvalue weighted by Crippen LogP contribution is 2.28. The van der Waals surface area contributed by atoms with Crippen molar-refractivity contribution in [3.63, 3.8) is 0 Å². The number of hydrogen-bond donors (Lipinski definition) is 2. The molecule has 0 saturated heterocycles. The van der Waals surface area contributed by atoms with E-state index in [4.69, 9.17) is 0 Å². The molecule has 2 rings (SSSR count). The highest BCUT2D eigenvalue weighted by atomic mass is 32.2. The van der Waals surface area contributed by atoms with E-state index in [1.807, 2.05) is 6.26 Å². The van der Waals surface area contributed by atoms with E-state index in [1.165, 1.54) is 29.1 Å². The zero-order valence-corrected chi connectivity index (χ0v) is 17.3. The van der Waals surface area contributed by atoms with Crippen LogP contribution in [0.5, 0.6) is 0 Å². The number of thioether (sulfide) groups is 1. The molecule has 1 atom stereocenters. The Labute approximate surface area is 158 Å². The van der Waals surface area contributed by atoms with Crippen LogP contribution in [-0.4, -0.2) is 43.1 Å². The number of anilines is 1. The van der Waals surface area contributed by atoms with Gasteiger partial charge in [0.25, 0.3) is 0 Å². The first-order valence-electron chi connectivity index (χ1n) is 8.73. The van der Waals surface area contributed by atoms with Gasteiger partial charge >= 0.3 is 0 Å². The predicted molar refractivity (Wildman–Crippen MR) is 106 cm³/mol. The molecule has 2 N–H and O–H groups in total. The summed E-state index contributed by atoms with van der Waals surface area (Å²) in [5, 5.41) is 3.41. The standard InChI is InChI=1S/C16H27N3O3S3/c1-3-25(21,22)19-13(10-11-23-2)15(20)18-16-17-12-8-6-4-5-7-9-14(12)24-16/h13,19H,3-11H2,1-2H3,(H,17,18,20). The van der Waals surface area contributed by atoms with Gasteiger partial charge in [-0.2, -0.15) is 11.8 Å². The number of fused-ring (bicyclic) bond motifs is 1. The molecule has 0 bridgehead atoms. The van der Waals surface area contributed by atoms with Gasteiger partial charge in [0.1, 0.15) is 6.04 Å². The minimum Gasteiger partial charge on any atom is -0.301 e. The summed E-state index contributed by atoms with van der Waals surface area (Å²) >= 11 is 3.11. The van der Waals surface area contributed by atoms with Crippen LogP contribution in [0.2, 0.25) is 0 Å². The zero-order chi connectivity index (χ0) is 18.3. The van der Waals surface area contributed by atoms with Crippen molar-refractivity contribution in [3.05, 3.63) is 10.6 Å². The number of aromatic nitrogens is 1. The Hall–Kier alpha value is -0.640. The SMILES string of the molecule is CCS(=O)(=O)NC(CCSC)C(=O)Nc1nc2c(s1)CCCCCC2. The van der Waals surface area contributed by atoms with Crippen LogP contribution < -0.4 is 10.0 Å². The number of carbonyl (C=O) groups is 1. The third-order valence-corrected chi connectivity index (χ3v) is 7.33. The van der Waals surface area contributed by atoms with Crippen molar-refractivity contribution in [1.29, 1.82) is 0 Å². The molecule has 25 heavy (non-hydrogen) atoms. The molecule has 0 spiro atoms. The highest BCUT2D eigenvalue weighted by molar-refractivity contribution is 7.98. The van der Waals surface area contributed by atoms with Gasteiger partial charge in [-0.05, 0) is 51.0 Å². The zero-order valence-electron chi connectivity index (χ0n) is 14.8. The van der Waals surface area contributed by atoms with Gasteiger partial charge in [-0.1, -0.05) is 12.8 Å². The third-order valence-electron chi connectivity index (χ3n) is 4.20. The highest BCUT2D eigenvalue weighted by Gasteiger charge is 2.24. The largest absolute Gasteiger partial charge is 0.301 e. The number of nitrogens with one attached hydrogen (secondary N) is 2. The molecule has 0 radical (unpaired) electrons. The maximum absolute atomic E-state index is 12.6. The lowest BCUT2D eigenvalue weighted by Crippen LogP contribution is -2.44. The number of aryl methyl sites for hydroxylation is 2. The molecule has 6 nitrogen and oxygen atoms in total. The van der Waals surface area contributed by atoms with Crippen molar-refractivity contribution in [2.45, 2.75) is 57.9 Å². The lowest BCUT2D eigenvalue weighted by atomic mass is 10.0. The average molecular weight is 406 g/mol. The van der Waals surface area contributed by atoms with Crippen LogP contribution in [0.15, 0.2) is 0 Å². The van der Waals surface area contributed by atoms with Crippen molar-refractivity contribution in [2.75, 3.05) is 23.1 Å². The van der Waals surface area contributed by atoms with E-state index in [1.54, 1.807) is 18.7 Å². The Kier molecular flexibility index (Phi) is 8.18. The molecule has 0 fully saturated rings. The Morgan fingerprint density at radius 1 is 1.28 bits per heavy atom. The second-order valence-electron chi connectivity index (χ2n) is 6.15. The Morgan fingerprint density at radius 2 is 2.00 bits per heavy atom.